The lowest BCUT2D eigenvalue weighted by Gasteiger charge is -2.25. The molecular weight excluding hydrogens is 339 g/mol. The Bertz CT molecular complexity index is 753. The lowest BCUT2D eigenvalue weighted by Crippen LogP contribution is -2.34. The van der Waals surface area contributed by atoms with Crippen LogP contribution in [0, 0.1) is 0 Å². The minimum atomic E-state index is -4.30. The number of halogens is 3. The van der Waals surface area contributed by atoms with E-state index in [1.54, 1.807) is 29.3 Å². The summed E-state index contributed by atoms with van der Waals surface area (Å²) < 4.78 is 36.8. The fraction of sp³-hybridized carbons (Fsp3) is 0.250. The van der Waals surface area contributed by atoms with Gasteiger partial charge < -0.3 is 4.90 Å². The highest BCUT2D eigenvalue weighted by atomic mass is 32.2. The third-order valence-electron chi connectivity index (χ3n) is 3.64. The summed E-state index contributed by atoms with van der Waals surface area (Å²) in [6.45, 7) is 1.12. The topological polar surface area (TPSA) is 49.0 Å². The molecule has 0 radical (unpaired) electrons. The van der Waals surface area contributed by atoms with Crippen molar-refractivity contribution in [2.24, 2.45) is 0 Å². The minimum absolute atomic E-state index is 0.120. The molecule has 0 saturated heterocycles. The Balaban J connectivity index is 1.60. The standard InChI is InChI=1S/C16H14F3N3OS/c17-16(18,19)24-13-4-1-11(2-5-13)3-6-15(23)22-8-7-14-12(10-22)9-20-21-14/h1-6,9H,7-8,10H2,(H,20,21). The van der Waals surface area contributed by atoms with E-state index in [4.69, 9.17) is 0 Å². The van der Waals surface area contributed by atoms with Gasteiger partial charge in [0.2, 0.25) is 5.91 Å². The van der Waals surface area contributed by atoms with Gasteiger partial charge in [-0.2, -0.15) is 18.3 Å². The lowest BCUT2D eigenvalue weighted by molar-refractivity contribution is -0.126. The highest BCUT2D eigenvalue weighted by Crippen LogP contribution is 2.36. The Morgan fingerprint density at radius 1 is 1.29 bits per heavy atom. The number of fused-ring (bicyclic) bond motifs is 1. The number of alkyl halides is 3. The van der Waals surface area contributed by atoms with Crippen LogP contribution in [0.25, 0.3) is 6.08 Å². The number of amides is 1. The number of rotatable bonds is 3. The SMILES string of the molecule is O=C(C=Cc1ccc(SC(F)(F)F)cc1)N1CCc2[nH]ncc2C1. The highest BCUT2D eigenvalue weighted by Gasteiger charge is 2.29. The van der Waals surface area contributed by atoms with Crippen molar-refractivity contribution in [1.82, 2.24) is 15.1 Å². The molecule has 0 aliphatic carbocycles. The van der Waals surface area contributed by atoms with Crippen molar-refractivity contribution < 1.29 is 18.0 Å². The normalized spacial score (nSPS) is 14.9. The van der Waals surface area contributed by atoms with Crippen molar-refractivity contribution in [3.63, 3.8) is 0 Å². The van der Waals surface area contributed by atoms with Crippen LogP contribution in [0.15, 0.2) is 41.4 Å². The van der Waals surface area contributed by atoms with Gasteiger partial charge in [-0.05, 0) is 35.5 Å². The maximum atomic E-state index is 12.3. The van der Waals surface area contributed by atoms with Gasteiger partial charge >= 0.3 is 5.51 Å². The first kappa shape index (κ1) is 16.6. The predicted octanol–water partition coefficient (Wildman–Crippen LogP) is 3.62. The smallest absolute Gasteiger partial charge is 0.334 e. The zero-order valence-corrected chi connectivity index (χ0v) is 13.3. The van der Waals surface area contributed by atoms with Crippen LogP contribution in [-0.4, -0.2) is 33.1 Å². The van der Waals surface area contributed by atoms with Crippen LogP contribution >= 0.6 is 11.8 Å². The lowest BCUT2D eigenvalue weighted by atomic mass is 10.1. The molecule has 2 heterocycles. The molecule has 0 saturated carbocycles. The van der Waals surface area contributed by atoms with Gasteiger partial charge in [0.1, 0.15) is 0 Å². The molecule has 8 heteroatoms. The van der Waals surface area contributed by atoms with E-state index in [0.717, 1.165) is 17.7 Å². The number of thioether (sulfide) groups is 1. The van der Waals surface area contributed by atoms with Gasteiger partial charge in [0.15, 0.2) is 0 Å². The maximum absolute atomic E-state index is 12.3. The van der Waals surface area contributed by atoms with E-state index >= 15 is 0 Å². The number of hydrogen-bond acceptors (Lipinski definition) is 3. The number of H-pyrrole nitrogens is 1. The summed E-state index contributed by atoms with van der Waals surface area (Å²) in [6, 6.07) is 5.90. The molecule has 1 aromatic carbocycles. The molecule has 0 spiro atoms. The number of nitrogens with one attached hydrogen (secondary N) is 1. The van der Waals surface area contributed by atoms with Crippen LogP contribution in [0.5, 0.6) is 0 Å². The van der Waals surface area contributed by atoms with Crippen LogP contribution in [0.4, 0.5) is 13.2 Å². The fourth-order valence-corrected chi connectivity index (χ4v) is 3.00. The van der Waals surface area contributed by atoms with Crippen molar-refractivity contribution in [3.05, 3.63) is 53.4 Å². The van der Waals surface area contributed by atoms with Crippen molar-refractivity contribution in [1.29, 1.82) is 0 Å². The van der Waals surface area contributed by atoms with E-state index in [0.29, 0.717) is 18.7 Å². The molecule has 0 unspecified atom stereocenters. The van der Waals surface area contributed by atoms with E-state index in [-0.39, 0.29) is 22.6 Å². The summed E-state index contributed by atoms with van der Waals surface area (Å²) in [7, 11) is 0. The molecule has 126 valence electrons. The first-order chi connectivity index (χ1) is 11.4. The Hall–Kier alpha value is -2.22. The van der Waals surface area contributed by atoms with E-state index < -0.39 is 5.51 Å². The number of carbonyl (C=O) groups is 1. The number of benzene rings is 1. The van der Waals surface area contributed by atoms with Gasteiger partial charge in [0.05, 0.1) is 6.20 Å². The first-order valence-corrected chi connectivity index (χ1v) is 8.06. The monoisotopic (exact) mass is 353 g/mol. The second kappa shape index (κ2) is 6.72. The summed E-state index contributed by atoms with van der Waals surface area (Å²) in [5.41, 5.74) is -1.55. The second-order valence-corrected chi connectivity index (χ2v) is 6.47. The third-order valence-corrected chi connectivity index (χ3v) is 4.38. The summed E-state index contributed by atoms with van der Waals surface area (Å²) in [5, 5.41) is 6.87. The van der Waals surface area contributed by atoms with Crippen LogP contribution in [0.1, 0.15) is 16.8 Å². The average molecular weight is 353 g/mol. The average Bonchev–Trinajstić information content (AvgIpc) is 3.00. The molecule has 0 fully saturated rings. The first-order valence-electron chi connectivity index (χ1n) is 7.25. The van der Waals surface area contributed by atoms with Crippen LogP contribution in [0.3, 0.4) is 0 Å². The van der Waals surface area contributed by atoms with Gasteiger partial charge in [-0.15, -0.1) is 0 Å². The quantitative estimate of drug-likeness (QED) is 0.677. The molecule has 24 heavy (non-hydrogen) atoms. The van der Waals surface area contributed by atoms with Gasteiger partial charge in [-0.1, -0.05) is 12.1 Å². The minimum Gasteiger partial charge on any atom is -0.334 e. The van der Waals surface area contributed by atoms with Crippen LogP contribution in [-0.2, 0) is 17.8 Å². The predicted molar refractivity (Wildman–Crippen MR) is 85.1 cm³/mol. The molecule has 3 rings (SSSR count). The van der Waals surface area contributed by atoms with Crippen molar-refractivity contribution in [2.75, 3.05) is 6.54 Å². The van der Waals surface area contributed by atoms with Crippen molar-refractivity contribution in [2.45, 2.75) is 23.4 Å². The molecule has 1 amide bonds. The van der Waals surface area contributed by atoms with E-state index in [1.165, 1.54) is 18.2 Å². The van der Waals surface area contributed by atoms with Gasteiger partial charge in [-0.25, -0.2) is 0 Å². The number of aromatic amines is 1. The van der Waals surface area contributed by atoms with Crippen LogP contribution < -0.4 is 0 Å². The van der Waals surface area contributed by atoms with Crippen LogP contribution in [0.2, 0.25) is 0 Å². The molecule has 4 nitrogen and oxygen atoms in total. The molecule has 1 N–H and O–H groups in total. The molecule has 1 aliphatic heterocycles. The number of hydrogen-bond donors (Lipinski definition) is 1. The van der Waals surface area contributed by atoms with Gasteiger partial charge in [0.25, 0.3) is 0 Å². The Morgan fingerprint density at radius 2 is 2.04 bits per heavy atom. The fourth-order valence-electron chi connectivity index (χ4n) is 2.46. The summed E-state index contributed by atoms with van der Waals surface area (Å²) in [5.74, 6) is -0.129. The van der Waals surface area contributed by atoms with E-state index in [1.807, 2.05) is 0 Å². The number of carbonyl (C=O) groups excluding carboxylic acids is 1. The molecule has 2 aromatic rings. The van der Waals surface area contributed by atoms with Gasteiger partial charge in [0, 0.05) is 41.7 Å². The van der Waals surface area contributed by atoms with E-state index in [9.17, 15) is 18.0 Å². The summed E-state index contributed by atoms with van der Waals surface area (Å²) in [4.78, 5) is 14.0. The zero-order valence-electron chi connectivity index (χ0n) is 12.5. The molecule has 0 atom stereocenters. The highest BCUT2D eigenvalue weighted by molar-refractivity contribution is 8.00. The largest absolute Gasteiger partial charge is 0.446 e. The molecular formula is C16H14F3N3OS. The Labute approximate surface area is 140 Å². The Kier molecular flexibility index (Phi) is 4.66. The zero-order chi connectivity index (χ0) is 17.2. The van der Waals surface area contributed by atoms with Gasteiger partial charge in [-0.3, -0.25) is 9.89 Å². The second-order valence-electron chi connectivity index (χ2n) is 5.33. The summed E-state index contributed by atoms with van der Waals surface area (Å²) >= 11 is -0.157. The van der Waals surface area contributed by atoms with Crippen molar-refractivity contribution >= 4 is 23.7 Å². The molecule has 1 aromatic heterocycles. The Morgan fingerprint density at radius 3 is 2.75 bits per heavy atom. The third kappa shape index (κ3) is 4.19. The number of nitrogens with zero attached hydrogens (tertiary/aromatic N) is 2. The molecule has 0 bridgehead atoms. The van der Waals surface area contributed by atoms with Crippen molar-refractivity contribution in [3.8, 4) is 0 Å². The number of aromatic nitrogens is 2. The van der Waals surface area contributed by atoms with E-state index in [2.05, 4.69) is 10.2 Å². The summed E-state index contributed by atoms with van der Waals surface area (Å²) in [6.07, 6.45) is 5.50. The maximum Gasteiger partial charge on any atom is 0.446 e. The molecule has 1 aliphatic rings.